The summed E-state index contributed by atoms with van der Waals surface area (Å²) in [5.41, 5.74) is 5.63. The number of aromatic nitrogens is 4. The number of fused-ring (bicyclic) bond motifs is 2. The zero-order valence-electron chi connectivity index (χ0n) is 13.3. The highest BCUT2D eigenvalue weighted by atomic mass is 16.7. The van der Waals surface area contributed by atoms with Gasteiger partial charge in [-0.05, 0) is 30.3 Å². The summed E-state index contributed by atoms with van der Waals surface area (Å²) < 4.78 is 12.9. The molecule has 0 radical (unpaired) electrons. The van der Waals surface area contributed by atoms with Crippen molar-refractivity contribution >= 4 is 5.65 Å². The van der Waals surface area contributed by atoms with Crippen LogP contribution in [0.25, 0.3) is 28.2 Å². The molecule has 4 aromatic rings. The van der Waals surface area contributed by atoms with Crippen LogP contribution in [0.2, 0.25) is 0 Å². The first kappa shape index (κ1) is 14.1. The van der Waals surface area contributed by atoms with Gasteiger partial charge in [0.25, 0.3) is 0 Å². The zero-order chi connectivity index (χ0) is 16.6. The minimum absolute atomic E-state index is 0.288. The van der Waals surface area contributed by atoms with Crippen molar-refractivity contribution in [3.8, 4) is 28.3 Å². The molecule has 5 rings (SSSR count). The molecule has 122 valence electrons. The van der Waals surface area contributed by atoms with Crippen molar-refractivity contribution in [2.24, 2.45) is 0 Å². The molecular formula is C19H14N4O2. The average molecular weight is 330 g/mol. The molecule has 6 nitrogen and oxygen atoms in total. The molecule has 0 amide bonds. The number of benzene rings is 1. The molecule has 0 spiro atoms. The third kappa shape index (κ3) is 2.35. The van der Waals surface area contributed by atoms with Crippen molar-refractivity contribution in [1.82, 2.24) is 19.6 Å². The maximum absolute atomic E-state index is 5.58. The monoisotopic (exact) mass is 330 g/mol. The van der Waals surface area contributed by atoms with Crippen LogP contribution in [0.15, 0.2) is 61.1 Å². The fourth-order valence-corrected chi connectivity index (χ4v) is 3.08. The van der Waals surface area contributed by atoms with Gasteiger partial charge in [0.05, 0.1) is 24.2 Å². The molecular weight excluding hydrogens is 316 g/mol. The van der Waals surface area contributed by atoms with Gasteiger partial charge in [0.15, 0.2) is 12.4 Å². The first-order chi connectivity index (χ1) is 12.4. The quantitative estimate of drug-likeness (QED) is 0.564. The number of nitrogens with zero attached hydrogens (tertiary/aromatic N) is 4. The molecule has 6 heteroatoms. The van der Waals surface area contributed by atoms with Gasteiger partial charge in [-0.25, -0.2) is 9.50 Å². The fraction of sp³-hybridized carbons (Fsp3) is 0.105. The number of hydrogen-bond acceptors (Lipinski definition) is 5. The van der Waals surface area contributed by atoms with E-state index in [1.54, 1.807) is 12.4 Å². The van der Waals surface area contributed by atoms with Gasteiger partial charge in [0, 0.05) is 29.1 Å². The summed E-state index contributed by atoms with van der Waals surface area (Å²) in [5.74, 6) is 0.852. The van der Waals surface area contributed by atoms with Gasteiger partial charge in [-0.15, -0.1) is 0 Å². The Morgan fingerprint density at radius 2 is 1.92 bits per heavy atom. The van der Waals surface area contributed by atoms with Crippen LogP contribution in [-0.4, -0.2) is 26.4 Å². The van der Waals surface area contributed by atoms with Crippen LogP contribution in [0.5, 0.6) is 5.75 Å². The van der Waals surface area contributed by atoms with Gasteiger partial charge in [0.1, 0.15) is 5.75 Å². The van der Waals surface area contributed by atoms with Crippen molar-refractivity contribution < 1.29 is 9.47 Å². The highest BCUT2D eigenvalue weighted by Gasteiger charge is 2.17. The largest absolute Gasteiger partial charge is 0.467 e. The number of hydrogen-bond donors (Lipinski definition) is 0. The Bertz CT molecular complexity index is 1060. The Morgan fingerprint density at radius 3 is 2.84 bits per heavy atom. The van der Waals surface area contributed by atoms with E-state index >= 15 is 0 Å². The molecule has 0 saturated heterocycles. The van der Waals surface area contributed by atoms with E-state index in [0.717, 1.165) is 39.5 Å². The van der Waals surface area contributed by atoms with Crippen molar-refractivity contribution in [3.63, 3.8) is 0 Å². The number of imidazole rings is 1. The molecule has 4 heterocycles. The van der Waals surface area contributed by atoms with Crippen LogP contribution >= 0.6 is 0 Å². The van der Waals surface area contributed by atoms with Crippen LogP contribution in [0, 0.1) is 0 Å². The maximum Gasteiger partial charge on any atom is 0.189 e. The minimum atomic E-state index is 0.288. The zero-order valence-corrected chi connectivity index (χ0v) is 13.3. The summed E-state index contributed by atoms with van der Waals surface area (Å²) in [6.07, 6.45) is 5.36. The third-order valence-corrected chi connectivity index (χ3v) is 4.29. The van der Waals surface area contributed by atoms with E-state index in [0.29, 0.717) is 6.61 Å². The SMILES string of the molecule is c1cc2c(c(-c3ccc4ncc(-c5ccncc5)n4n3)c1)COCO2. The van der Waals surface area contributed by atoms with Crippen molar-refractivity contribution in [3.05, 3.63) is 66.6 Å². The molecule has 0 N–H and O–H groups in total. The highest BCUT2D eigenvalue weighted by molar-refractivity contribution is 5.69. The fourth-order valence-electron chi connectivity index (χ4n) is 3.08. The van der Waals surface area contributed by atoms with Crippen molar-refractivity contribution in [2.45, 2.75) is 6.61 Å². The predicted octanol–water partition coefficient (Wildman–Crippen LogP) is 3.32. The summed E-state index contributed by atoms with van der Waals surface area (Å²) in [4.78, 5) is 8.52. The predicted molar refractivity (Wildman–Crippen MR) is 91.9 cm³/mol. The molecule has 0 aliphatic carbocycles. The lowest BCUT2D eigenvalue weighted by Crippen LogP contribution is -2.12. The van der Waals surface area contributed by atoms with Crippen LogP contribution in [0.1, 0.15) is 5.56 Å². The molecule has 0 bridgehead atoms. The minimum Gasteiger partial charge on any atom is -0.467 e. The van der Waals surface area contributed by atoms with E-state index in [1.165, 1.54) is 0 Å². The number of ether oxygens (including phenoxy) is 2. The lowest BCUT2D eigenvalue weighted by atomic mass is 10.0. The van der Waals surface area contributed by atoms with Crippen LogP contribution in [-0.2, 0) is 11.3 Å². The topological polar surface area (TPSA) is 61.5 Å². The molecule has 0 unspecified atom stereocenters. The Hall–Kier alpha value is -3.25. The first-order valence-electron chi connectivity index (χ1n) is 7.98. The standard InChI is InChI=1S/C19H14N4O2/c1-2-14(15-11-24-12-25-18(15)3-1)16-4-5-19-21-10-17(23(19)22-16)13-6-8-20-9-7-13/h1-10H,11-12H2. The number of pyridine rings is 1. The third-order valence-electron chi connectivity index (χ3n) is 4.29. The van der Waals surface area contributed by atoms with E-state index in [-0.39, 0.29) is 6.79 Å². The maximum atomic E-state index is 5.58. The van der Waals surface area contributed by atoms with E-state index in [4.69, 9.17) is 14.6 Å². The number of rotatable bonds is 2. The van der Waals surface area contributed by atoms with Crippen LogP contribution < -0.4 is 4.74 Å². The second-order valence-electron chi connectivity index (χ2n) is 5.76. The smallest absolute Gasteiger partial charge is 0.189 e. The Morgan fingerprint density at radius 1 is 1.00 bits per heavy atom. The summed E-state index contributed by atoms with van der Waals surface area (Å²) in [6.45, 7) is 0.809. The summed E-state index contributed by atoms with van der Waals surface area (Å²) in [5, 5.41) is 4.81. The van der Waals surface area contributed by atoms with Crippen LogP contribution in [0.3, 0.4) is 0 Å². The normalized spacial score (nSPS) is 13.4. The Balaban J connectivity index is 1.69. The average Bonchev–Trinajstić information content (AvgIpc) is 3.11. The molecule has 1 aromatic carbocycles. The molecule has 0 atom stereocenters. The van der Waals surface area contributed by atoms with Crippen LogP contribution in [0.4, 0.5) is 0 Å². The van der Waals surface area contributed by atoms with E-state index < -0.39 is 0 Å². The van der Waals surface area contributed by atoms with Gasteiger partial charge in [-0.2, -0.15) is 5.10 Å². The highest BCUT2D eigenvalue weighted by Crippen LogP contribution is 2.33. The Labute approximate surface area is 143 Å². The molecule has 0 saturated carbocycles. The van der Waals surface area contributed by atoms with Gasteiger partial charge < -0.3 is 9.47 Å². The molecule has 3 aromatic heterocycles. The van der Waals surface area contributed by atoms with Gasteiger partial charge in [0.2, 0.25) is 0 Å². The van der Waals surface area contributed by atoms with E-state index in [2.05, 4.69) is 9.97 Å². The van der Waals surface area contributed by atoms with Gasteiger partial charge in [-0.1, -0.05) is 12.1 Å². The van der Waals surface area contributed by atoms with E-state index in [9.17, 15) is 0 Å². The van der Waals surface area contributed by atoms with Gasteiger partial charge in [-0.3, -0.25) is 4.98 Å². The molecule has 0 fully saturated rings. The second-order valence-corrected chi connectivity index (χ2v) is 5.76. The summed E-state index contributed by atoms with van der Waals surface area (Å²) in [6, 6.07) is 13.8. The van der Waals surface area contributed by atoms with Gasteiger partial charge >= 0.3 is 0 Å². The Kier molecular flexibility index (Phi) is 3.21. The van der Waals surface area contributed by atoms with Crippen molar-refractivity contribution in [1.29, 1.82) is 0 Å². The lowest BCUT2D eigenvalue weighted by molar-refractivity contribution is -0.0160. The summed E-state index contributed by atoms with van der Waals surface area (Å²) in [7, 11) is 0. The second kappa shape index (κ2) is 5.68. The van der Waals surface area contributed by atoms with E-state index in [1.807, 2.05) is 53.2 Å². The first-order valence-corrected chi connectivity index (χ1v) is 7.98. The lowest BCUT2D eigenvalue weighted by Gasteiger charge is -2.20. The summed E-state index contributed by atoms with van der Waals surface area (Å²) >= 11 is 0. The molecule has 1 aliphatic rings. The molecule has 1 aliphatic heterocycles. The molecule has 25 heavy (non-hydrogen) atoms. The van der Waals surface area contributed by atoms with Crippen molar-refractivity contribution in [2.75, 3.05) is 6.79 Å².